The first-order valence-corrected chi connectivity index (χ1v) is 20.3. The minimum Gasteiger partial charge on any atom is -0.459 e. The van der Waals surface area contributed by atoms with Crippen LogP contribution < -0.4 is 0 Å². The Hall–Kier alpha value is -7.25. The van der Waals surface area contributed by atoms with Crippen LogP contribution in [0.4, 0.5) is 0 Å². The number of fused-ring (bicyclic) bond motifs is 8. The number of nitrogens with zero attached hydrogens (tertiary/aromatic N) is 2. The number of H-pyrrole nitrogens is 2. The zero-order chi connectivity index (χ0) is 42.3. The minimum atomic E-state index is -1.74. The SMILES string of the molecule is O=C(OC[C@H]1OC(O)[C@H](O)[C@@H](O)[C@H]1O)c1ccc(-c2c3nc(c(-c4ccccc4)c4ccc([nH]4)c(-c4ccccc4)c4nc(c(-c5ccccc5)c5ccc2[nH]5)C=C4)C=C3)cc1. The molecule has 62 heavy (non-hydrogen) atoms. The number of hydrogen-bond acceptors (Lipinski definition) is 9. The predicted octanol–water partition coefficient (Wildman–Crippen LogP) is 8.28. The van der Waals surface area contributed by atoms with Crippen LogP contribution in [0.15, 0.2) is 140 Å². The molecule has 1 saturated heterocycles. The second-order valence-corrected chi connectivity index (χ2v) is 15.3. The number of aliphatic hydroxyl groups excluding tert-OH is 4. The maximum Gasteiger partial charge on any atom is 0.338 e. The van der Waals surface area contributed by atoms with Crippen molar-refractivity contribution in [2.75, 3.05) is 6.61 Å². The minimum absolute atomic E-state index is 0.226. The Bertz CT molecular complexity index is 3000. The molecule has 7 aromatic rings. The average Bonchev–Trinajstić information content (AvgIpc) is 4.16. The first kappa shape index (κ1) is 38.9. The number of nitrogens with one attached hydrogen (secondary N) is 2. The second-order valence-electron chi connectivity index (χ2n) is 15.3. The molecule has 10 rings (SSSR count). The Labute approximate surface area is 355 Å². The first-order chi connectivity index (χ1) is 30.3. The summed E-state index contributed by atoms with van der Waals surface area (Å²) in [5.74, 6) is -0.704. The lowest BCUT2D eigenvalue weighted by molar-refractivity contribution is -0.286. The number of carbonyl (C=O) groups excluding carboxylic acids is 1. The number of aliphatic hydroxyl groups is 4. The first-order valence-electron chi connectivity index (χ1n) is 20.3. The molecule has 0 saturated carbocycles. The van der Waals surface area contributed by atoms with Crippen LogP contribution >= 0.6 is 0 Å². The van der Waals surface area contributed by atoms with Crippen molar-refractivity contribution >= 4 is 52.3 Å². The highest BCUT2D eigenvalue weighted by molar-refractivity contribution is 6.00. The summed E-state index contributed by atoms with van der Waals surface area (Å²) in [4.78, 5) is 31.4. The van der Waals surface area contributed by atoms with Crippen molar-refractivity contribution in [3.05, 3.63) is 168 Å². The van der Waals surface area contributed by atoms with Crippen molar-refractivity contribution in [3.8, 4) is 44.5 Å². The third-order valence-corrected chi connectivity index (χ3v) is 11.4. The summed E-state index contributed by atoms with van der Waals surface area (Å²) in [6.45, 7) is -0.459. The molecule has 0 spiro atoms. The van der Waals surface area contributed by atoms with Crippen molar-refractivity contribution < 1.29 is 34.7 Å². The van der Waals surface area contributed by atoms with Gasteiger partial charge in [-0.25, -0.2) is 14.8 Å². The van der Waals surface area contributed by atoms with E-state index < -0.39 is 43.3 Å². The largest absolute Gasteiger partial charge is 0.459 e. The molecule has 5 atom stereocenters. The number of ether oxygens (including phenoxy) is 2. The van der Waals surface area contributed by atoms with Crippen molar-refractivity contribution in [1.29, 1.82) is 0 Å². The van der Waals surface area contributed by atoms with E-state index in [4.69, 9.17) is 19.4 Å². The normalized spacial score (nSPS) is 19.4. The molecule has 306 valence electrons. The van der Waals surface area contributed by atoms with Crippen LogP contribution in [0.1, 0.15) is 33.1 Å². The van der Waals surface area contributed by atoms with E-state index in [9.17, 15) is 25.2 Å². The summed E-state index contributed by atoms with van der Waals surface area (Å²) in [7, 11) is 0. The van der Waals surface area contributed by atoms with Gasteiger partial charge in [-0.1, -0.05) is 103 Å². The zero-order valence-electron chi connectivity index (χ0n) is 33.1. The van der Waals surface area contributed by atoms with E-state index in [1.54, 1.807) is 12.1 Å². The van der Waals surface area contributed by atoms with Gasteiger partial charge >= 0.3 is 5.97 Å². The zero-order valence-corrected chi connectivity index (χ0v) is 33.1. The lowest BCUT2D eigenvalue weighted by Gasteiger charge is -2.37. The molecule has 11 nitrogen and oxygen atoms in total. The molecule has 6 heterocycles. The number of aromatic amines is 2. The van der Waals surface area contributed by atoms with E-state index in [0.717, 1.165) is 83.7 Å². The van der Waals surface area contributed by atoms with Gasteiger partial charge in [-0.15, -0.1) is 0 Å². The maximum absolute atomic E-state index is 13.2. The standard InChI is InChI=1S/C51H40N4O7/c56-47-42(62-51(60)49(58)48(47)57)28-61-50(59)33-18-16-32(17-19-33)46-40-26-24-38(54-40)44(30-12-6-2-7-13-30)36-22-20-34(52-36)43(29-10-4-1-5-11-29)35-21-23-37(53-35)45(31-14-8-3-9-15-31)39-25-27-41(46)55-39/h1-27,42,47-49,51-52,55-58,60H,28H2/t42-,47+,48+,49-,51?/m1/s1. The van der Waals surface area contributed by atoms with Crippen LogP contribution in [0.3, 0.4) is 0 Å². The summed E-state index contributed by atoms with van der Waals surface area (Å²) in [5.41, 5.74) is 14.1. The molecule has 0 aliphatic carbocycles. The lowest BCUT2D eigenvalue weighted by atomic mass is 9.99. The van der Waals surface area contributed by atoms with Gasteiger partial charge in [-0.2, -0.15) is 0 Å². The van der Waals surface area contributed by atoms with Gasteiger partial charge in [0.1, 0.15) is 31.0 Å². The molecule has 3 aliphatic rings. The van der Waals surface area contributed by atoms with Gasteiger partial charge < -0.3 is 39.9 Å². The summed E-state index contributed by atoms with van der Waals surface area (Å²) in [6, 6.07) is 45.8. The van der Waals surface area contributed by atoms with Crippen LogP contribution in [0, 0.1) is 0 Å². The average molecular weight is 821 g/mol. The van der Waals surface area contributed by atoms with Crippen LogP contribution in [-0.2, 0) is 9.47 Å². The molecule has 11 heteroatoms. The third kappa shape index (κ3) is 7.23. The second kappa shape index (κ2) is 16.3. The number of hydrogen-bond donors (Lipinski definition) is 6. The Morgan fingerprint density at radius 2 is 0.855 bits per heavy atom. The summed E-state index contributed by atoms with van der Waals surface area (Å²) in [6.07, 6.45) is 0.238. The Morgan fingerprint density at radius 1 is 0.484 bits per heavy atom. The van der Waals surface area contributed by atoms with Crippen LogP contribution in [0.5, 0.6) is 0 Å². The highest BCUT2D eigenvalue weighted by atomic mass is 16.6. The molecule has 0 radical (unpaired) electrons. The quantitative estimate of drug-likeness (QED) is 0.0865. The van der Waals surface area contributed by atoms with Crippen LogP contribution in [0.25, 0.3) is 90.9 Å². The number of aromatic nitrogens is 4. The number of esters is 1. The topological polar surface area (TPSA) is 174 Å². The smallest absolute Gasteiger partial charge is 0.338 e. The molecular formula is C51H40N4O7. The fourth-order valence-corrected chi connectivity index (χ4v) is 8.32. The monoisotopic (exact) mass is 820 g/mol. The fourth-order valence-electron chi connectivity index (χ4n) is 8.32. The van der Waals surface area contributed by atoms with Gasteiger partial charge in [0.15, 0.2) is 6.29 Å². The highest BCUT2D eigenvalue weighted by Crippen LogP contribution is 2.38. The molecule has 4 aromatic carbocycles. The van der Waals surface area contributed by atoms with Crippen LogP contribution in [0.2, 0.25) is 0 Å². The molecule has 1 unspecified atom stereocenters. The Balaban J connectivity index is 1.17. The van der Waals surface area contributed by atoms with E-state index in [1.165, 1.54) is 0 Å². The molecule has 3 aromatic heterocycles. The summed E-state index contributed by atoms with van der Waals surface area (Å²) >= 11 is 0. The number of benzene rings is 4. The molecule has 6 N–H and O–H groups in total. The Morgan fingerprint density at radius 3 is 1.24 bits per heavy atom. The fraction of sp³-hybridized carbons (Fsp3) is 0.118. The Kier molecular flexibility index (Phi) is 10.2. The van der Waals surface area contributed by atoms with Gasteiger partial charge in [0, 0.05) is 44.3 Å². The molecule has 3 aliphatic heterocycles. The maximum atomic E-state index is 13.2. The number of rotatable bonds is 7. The predicted molar refractivity (Wildman–Crippen MR) is 240 cm³/mol. The molecule has 0 amide bonds. The molecule has 1 fully saturated rings. The van der Waals surface area contributed by atoms with E-state index in [0.29, 0.717) is 5.69 Å². The lowest BCUT2D eigenvalue weighted by Crippen LogP contribution is -2.58. The van der Waals surface area contributed by atoms with E-state index >= 15 is 0 Å². The number of carbonyl (C=O) groups is 1. The van der Waals surface area contributed by atoms with Crippen LogP contribution in [-0.4, -0.2) is 83.6 Å². The summed E-state index contributed by atoms with van der Waals surface area (Å²) in [5, 5.41) is 40.2. The van der Waals surface area contributed by atoms with Crippen molar-refractivity contribution in [2.24, 2.45) is 0 Å². The van der Waals surface area contributed by atoms with Crippen molar-refractivity contribution in [1.82, 2.24) is 19.9 Å². The van der Waals surface area contributed by atoms with Gasteiger partial charge in [0.05, 0.1) is 28.3 Å². The van der Waals surface area contributed by atoms with E-state index in [-0.39, 0.29) is 5.56 Å². The molecule has 8 bridgehead atoms. The third-order valence-electron chi connectivity index (χ3n) is 11.4. The molecular weight excluding hydrogens is 781 g/mol. The van der Waals surface area contributed by atoms with Crippen molar-refractivity contribution in [2.45, 2.75) is 30.7 Å². The highest BCUT2D eigenvalue weighted by Gasteiger charge is 2.43. The van der Waals surface area contributed by atoms with E-state index in [1.807, 2.05) is 84.9 Å². The van der Waals surface area contributed by atoms with Gasteiger partial charge in [-0.3, -0.25) is 0 Å². The van der Waals surface area contributed by atoms with Crippen molar-refractivity contribution in [3.63, 3.8) is 0 Å². The van der Waals surface area contributed by atoms with E-state index in [2.05, 4.69) is 76.7 Å². The van der Waals surface area contributed by atoms with Gasteiger partial charge in [0.2, 0.25) is 0 Å². The summed E-state index contributed by atoms with van der Waals surface area (Å²) < 4.78 is 10.6. The van der Waals surface area contributed by atoms with Gasteiger partial charge in [-0.05, 0) is 83.0 Å². The van der Waals surface area contributed by atoms with Gasteiger partial charge in [0.25, 0.3) is 0 Å².